The quantitative estimate of drug-likeness (QED) is 0.151. The fourth-order valence-electron chi connectivity index (χ4n) is 3.89. The summed E-state index contributed by atoms with van der Waals surface area (Å²) in [5, 5.41) is 19.8. The first kappa shape index (κ1) is 32.4. The number of hydrogen-bond acceptors (Lipinski definition) is 3. The Kier molecular flexibility index (Phi) is 29.3. The second-order valence-electron chi connectivity index (χ2n) is 8.75. The van der Waals surface area contributed by atoms with Gasteiger partial charge in [-0.25, -0.2) is 0 Å². The number of carbonyl (C=O) groups is 1. The van der Waals surface area contributed by atoms with Crippen LogP contribution in [0.3, 0.4) is 0 Å². The number of aliphatic hydroxyl groups is 1. The second-order valence-corrected chi connectivity index (χ2v) is 8.75. The number of carboxylic acids is 1. The third-order valence-electron chi connectivity index (χ3n) is 5.81. The predicted molar refractivity (Wildman–Crippen MR) is 123 cm³/mol. The molecule has 172 valence electrons. The summed E-state index contributed by atoms with van der Waals surface area (Å²) < 4.78 is 0. The van der Waals surface area contributed by atoms with Gasteiger partial charge in [0.1, 0.15) is 0 Å². The van der Waals surface area contributed by atoms with Crippen molar-refractivity contribution in [2.24, 2.45) is 0 Å². The Morgan fingerprint density at radius 3 is 1.27 bits per heavy atom. The summed E-state index contributed by atoms with van der Waals surface area (Å²) in [6.07, 6.45) is 29.4. The number of hydrogen-bond donors (Lipinski definition) is 1. The molecule has 0 rings (SSSR count). The molecule has 0 bridgehead atoms. The standard InChI is InChI=1S/C26H50O3.Na/c1-2-3-4-5-6-7-8-9-10-11-12-13-14-15-16-17-18-19-20-21-22-25(27)23-24-26(28)29;/h23-25,27H,2-22H2,1H3,(H,28,29);/q;+1/p-1. The zero-order valence-electron chi connectivity index (χ0n) is 20.3. The average Bonchev–Trinajstić information content (AvgIpc) is 2.70. The van der Waals surface area contributed by atoms with Gasteiger partial charge in [-0.3, -0.25) is 0 Å². The number of unbranched alkanes of at least 4 members (excludes halogenated alkanes) is 19. The Hall–Kier alpha value is 0.170. The molecular weight excluding hydrogens is 383 g/mol. The Morgan fingerprint density at radius 1 is 0.667 bits per heavy atom. The van der Waals surface area contributed by atoms with Crippen LogP contribution in [0.4, 0.5) is 0 Å². The Morgan fingerprint density at radius 2 is 0.967 bits per heavy atom. The molecule has 0 saturated carbocycles. The van der Waals surface area contributed by atoms with Gasteiger partial charge in [0.25, 0.3) is 0 Å². The zero-order valence-corrected chi connectivity index (χ0v) is 22.3. The first-order valence-corrected chi connectivity index (χ1v) is 12.7. The van der Waals surface area contributed by atoms with Crippen molar-refractivity contribution >= 4 is 5.97 Å². The normalized spacial score (nSPS) is 12.2. The second kappa shape index (κ2) is 27.2. The van der Waals surface area contributed by atoms with Crippen LogP contribution in [0.2, 0.25) is 0 Å². The number of aliphatic carboxylic acids is 1. The van der Waals surface area contributed by atoms with E-state index in [1.54, 1.807) is 0 Å². The predicted octanol–water partition coefficient (Wildman–Crippen LogP) is 3.87. The van der Waals surface area contributed by atoms with Crippen LogP contribution in [0.25, 0.3) is 0 Å². The molecule has 1 N–H and O–H groups in total. The van der Waals surface area contributed by atoms with Crippen molar-refractivity contribution in [1.29, 1.82) is 0 Å². The summed E-state index contributed by atoms with van der Waals surface area (Å²) in [5.74, 6) is -1.24. The van der Waals surface area contributed by atoms with Crippen molar-refractivity contribution in [2.75, 3.05) is 0 Å². The van der Waals surface area contributed by atoms with Crippen molar-refractivity contribution in [3.63, 3.8) is 0 Å². The van der Waals surface area contributed by atoms with Crippen LogP contribution >= 0.6 is 0 Å². The third kappa shape index (κ3) is 28.2. The van der Waals surface area contributed by atoms with E-state index in [1.807, 2.05) is 0 Å². The Balaban J connectivity index is 0. The van der Waals surface area contributed by atoms with Crippen LogP contribution in [0, 0.1) is 0 Å². The first-order valence-electron chi connectivity index (χ1n) is 12.7. The van der Waals surface area contributed by atoms with E-state index in [0.717, 1.165) is 18.9 Å². The minimum Gasteiger partial charge on any atom is -0.545 e. The molecule has 0 radical (unpaired) electrons. The van der Waals surface area contributed by atoms with Crippen molar-refractivity contribution < 1.29 is 44.6 Å². The molecule has 0 aliphatic rings. The van der Waals surface area contributed by atoms with E-state index in [9.17, 15) is 15.0 Å². The van der Waals surface area contributed by atoms with Gasteiger partial charge in [-0.1, -0.05) is 141 Å². The molecule has 1 atom stereocenters. The molecule has 30 heavy (non-hydrogen) atoms. The summed E-state index contributed by atoms with van der Waals surface area (Å²) in [4.78, 5) is 10.3. The maximum atomic E-state index is 10.3. The van der Waals surface area contributed by atoms with Crippen LogP contribution in [0.15, 0.2) is 12.2 Å². The van der Waals surface area contributed by atoms with Crippen molar-refractivity contribution in [3.05, 3.63) is 12.2 Å². The van der Waals surface area contributed by atoms with E-state index in [0.29, 0.717) is 6.42 Å². The van der Waals surface area contributed by atoms with E-state index < -0.39 is 12.1 Å². The van der Waals surface area contributed by atoms with E-state index in [1.165, 1.54) is 122 Å². The van der Waals surface area contributed by atoms with Crippen LogP contribution < -0.4 is 34.7 Å². The van der Waals surface area contributed by atoms with E-state index in [4.69, 9.17) is 0 Å². The van der Waals surface area contributed by atoms with Crippen LogP contribution in [-0.2, 0) is 4.79 Å². The zero-order chi connectivity index (χ0) is 21.4. The molecule has 0 heterocycles. The van der Waals surface area contributed by atoms with Gasteiger partial charge < -0.3 is 15.0 Å². The fourth-order valence-corrected chi connectivity index (χ4v) is 3.89. The molecule has 0 aromatic rings. The summed E-state index contributed by atoms with van der Waals surface area (Å²) in [6, 6.07) is 0. The fraction of sp³-hybridized carbons (Fsp3) is 0.885. The maximum Gasteiger partial charge on any atom is 1.00 e. The first-order chi connectivity index (χ1) is 14.2. The molecule has 0 fully saturated rings. The number of carboxylic acid groups (broad SMARTS) is 1. The molecule has 0 aromatic heterocycles. The van der Waals surface area contributed by atoms with Gasteiger partial charge in [0.2, 0.25) is 0 Å². The summed E-state index contributed by atoms with van der Waals surface area (Å²) >= 11 is 0. The minimum atomic E-state index is -1.24. The Labute approximate surface area is 209 Å². The van der Waals surface area contributed by atoms with Crippen LogP contribution in [-0.4, -0.2) is 17.2 Å². The van der Waals surface area contributed by atoms with Crippen LogP contribution in [0.5, 0.6) is 0 Å². The van der Waals surface area contributed by atoms with Gasteiger partial charge >= 0.3 is 29.6 Å². The SMILES string of the molecule is CCCCCCCCCCCCCCCCCCCCCCC(O)C=CC(=O)[O-].[Na+]. The Bertz CT molecular complexity index is 371. The van der Waals surface area contributed by atoms with Crippen molar-refractivity contribution in [1.82, 2.24) is 0 Å². The third-order valence-corrected chi connectivity index (χ3v) is 5.81. The molecule has 3 nitrogen and oxygen atoms in total. The molecule has 1 unspecified atom stereocenters. The smallest absolute Gasteiger partial charge is 0.545 e. The molecule has 0 aliphatic carbocycles. The van der Waals surface area contributed by atoms with E-state index in [-0.39, 0.29) is 29.6 Å². The molecular formula is C26H49NaO3. The summed E-state index contributed by atoms with van der Waals surface area (Å²) in [6.45, 7) is 2.28. The number of aliphatic hydroxyl groups excluding tert-OH is 1. The van der Waals surface area contributed by atoms with Gasteiger partial charge in [0, 0.05) is 0 Å². The van der Waals surface area contributed by atoms with Crippen molar-refractivity contribution in [2.45, 2.75) is 148 Å². The molecule has 0 amide bonds. The molecule has 0 spiro atoms. The number of carbonyl (C=O) groups excluding carboxylic acids is 1. The largest absolute Gasteiger partial charge is 1.00 e. The topological polar surface area (TPSA) is 60.4 Å². The van der Waals surface area contributed by atoms with Gasteiger partial charge in [-0.2, -0.15) is 0 Å². The monoisotopic (exact) mass is 432 g/mol. The van der Waals surface area contributed by atoms with Gasteiger partial charge in [0.05, 0.1) is 12.1 Å². The molecule has 0 saturated heterocycles. The maximum absolute atomic E-state index is 10.3. The minimum absolute atomic E-state index is 0. The van der Waals surface area contributed by atoms with E-state index in [2.05, 4.69) is 6.92 Å². The molecule has 0 aliphatic heterocycles. The van der Waals surface area contributed by atoms with Gasteiger partial charge in [-0.05, 0) is 12.5 Å². The average molecular weight is 433 g/mol. The van der Waals surface area contributed by atoms with Gasteiger partial charge in [-0.15, -0.1) is 0 Å². The number of rotatable bonds is 23. The van der Waals surface area contributed by atoms with E-state index >= 15 is 0 Å². The van der Waals surface area contributed by atoms with Gasteiger partial charge in [0.15, 0.2) is 0 Å². The summed E-state index contributed by atoms with van der Waals surface area (Å²) in [7, 11) is 0. The summed E-state index contributed by atoms with van der Waals surface area (Å²) in [5.41, 5.74) is 0. The molecule has 4 heteroatoms. The molecule has 0 aromatic carbocycles. The van der Waals surface area contributed by atoms with Crippen molar-refractivity contribution in [3.8, 4) is 0 Å². The van der Waals surface area contributed by atoms with Crippen LogP contribution in [0.1, 0.15) is 142 Å².